The van der Waals surface area contributed by atoms with Crippen LogP contribution in [0.1, 0.15) is 37.3 Å². The molecule has 0 saturated heterocycles. The lowest BCUT2D eigenvalue weighted by molar-refractivity contribution is 0.278. The second-order valence-corrected chi connectivity index (χ2v) is 4.97. The molecule has 0 aliphatic rings. The Kier molecular flexibility index (Phi) is 5.85. The minimum Gasteiger partial charge on any atom is -0.493 e. The van der Waals surface area contributed by atoms with E-state index < -0.39 is 5.54 Å². The second kappa shape index (κ2) is 7.16. The van der Waals surface area contributed by atoms with Crippen molar-refractivity contribution in [2.75, 3.05) is 13.7 Å². The van der Waals surface area contributed by atoms with Gasteiger partial charge in [-0.15, -0.1) is 0 Å². The summed E-state index contributed by atoms with van der Waals surface area (Å²) in [5.41, 5.74) is 1.91. The molecule has 1 N–H and O–H groups in total. The summed E-state index contributed by atoms with van der Waals surface area (Å²) in [5, 5.41) is 12.3. The lowest BCUT2D eigenvalue weighted by Crippen LogP contribution is -2.41. The highest BCUT2D eigenvalue weighted by molar-refractivity contribution is 5.39. The van der Waals surface area contributed by atoms with Gasteiger partial charge in [0.15, 0.2) is 0 Å². The number of aryl methyl sites for hydroxylation is 2. The summed E-state index contributed by atoms with van der Waals surface area (Å²) < 4.78 is 5.86. The van der Waals surface area contributed by atoms with Crippen LogP contribution in [0.5, 0.6) is 5.75 Å². The van der Waals surface area contributed by atoms with Crippen LogP contribution >= 0.6 is 0 Å². The number of benzene rings is 1. The molecule has 0 aliphatic carbocycles. The van der Waals surface area contributed by atoms with Gasteiger partial charge in [-0.3, -0.25) is 0 Å². The predicted molar refractivity (Wildman–Crippen MR) is 78.3 cm³/mol. The van der Waals surface area contributed by atoms with Crippen LogP contribution in [0, 0.1) is 25.2 Å². The maximum Gasteiger partial charge on any atom is 0.125 e. The van der Waals surface area contributed by atoms with E-state index in [1.807, 2.05) is 20.0 Å². The molecular weight excluding hydrogens is 236 g/mol. The average Bonchev–Trinajstić information content (AvgIpc) is 2.42. The van der Waals surface area contributed by atoms with Crippen molar-refractivity contribution in [1.29, 1.82) is 5.26 Å². The molecule has 0 aliphatic heterocycles. The Morgan fingerprint density at radius 3 is 2.42 bits per heavy atom. The molecule has 0 spiro atoms. The van der Waals surface area contributed by atoms with Crippen LogP contribution in [-0.4, -0.2) is 19.2 Å². The number of nitrogens with zero attached hydrogens (tertiary/aromatic N) is 1. The number of hydrogen-bond acceptors (Lipinski definition) is 3. The van der Waals surface area contributed by atoms with E-state index in [4.69, 9.17) is 4.74 Å². The van der Waals surface area contributed by atoms with Gasteiger partial charge in [0.25, 0.3) is 0 Å². The fourth-order valence-electron chi connectivity index (χ4n) is 2.24. The van der Waals surface area contributed by atoms with Gasteiger partial charge in [0.05, 0.1) is 12.7 Å². The summed E-state index contributed by atoms with van der Waals surface area (Å²) in [4.78, 5) is 0. The zero-order valence-electron chi connectivity index (χ0n) is 12.4. The third-order valence-electron chi connectivity index (χ3n) is 3.70. The molecule has 0 amide bonds. The first-order chi connectivity index (χ1) is 9.08. The fourth-order valence-corrected chi connectivity index (χ4v) is 2.24. The molecule has 19 heavy (non-hydrogen) atoms. The number of nitrogens with one attached hydrogen (secondary N) is 1. The normalized spacial score (nSPS) is 13.6. The van der Waals surface area contributed by atoms with E-state index in [1.165, 1.54) is 0 Å². The van der Waals surface area contributed by atoms with Crippen molar-refractivity contribution in [3.63, 3.8) is 0 Å². The van der Waals surface area contributed by atoms with Gasteiger partial charge < -0.3 is 10.1 Å². The molecule has 0 saturated carbocycles. The fraction of sp³-hybridized carbons (Fsp3) is 0.562. The van der Waals surface area contributed by atoms with Crippen LogP contribution in [0.25, 0.3) is 0 Å². The van der Waals surface area contributed by atoms with Crippen LogP contribution in [0.4, 0.5) is 0 Å². The van der Waals surface area contributed by atoms with Crippen LogP contribution in [0.15, 0.2) is 18.2 Å². The zero-order valence-corrected chi connectivity index (χ0v) is 12.4. The molecule has 1 atom stereocenters. The van der Waals surface area contributed by atoms with Gasteiger partial charge in [0, 0.05) is 0 Å². The number of hydrogen-bond donors (Lipinski definition) is 1. The first kappa shape index (κ1) is 15.5. The number of ether oxygens (including phenoxy) is 1. The van der Waals surface area contributed by atoms with E-state index in [-0.39, 0.29) is 0 Å². The van der Waals surface area contributed by atoms with Crippen molar-refractivity contribution < 1.29 is 4.74 Å². The van der Waals surface area contributed by atoms with Gasteiger partial charge in [-0.2, -0.15) is 5.26 Å². The minimum absolute atomic E-state index is 0.413. The standard InChI is InChI=1S/C16H24N2O/c1-5-16(12-17,18-4)10-7-11-19-15-13(2)8-6-9-14(15)3/h6,8-9,18H,5,7,10-11H2,1-4H3. The lowest BCUT2D eigenvalue weighted by Gasteiger charge is -2.24. The third kappa shape index (κ3) is 3.97. The summed E-state index contributed by atoms with van der Waals surface area (Å²) in [6.07, 6.45) is 2.49. The summed E-state index contributed by atoms with van der Waals surface area (Å²) in [6, 6.07) is 8.52. The molecule has 3 nitrogen and oxygen atoms in total. The topological polar surface area (TPSA) is 45.0 Å². The highest BCUT2D eigenvalue weighted by Gasteiger charge is 2.24. The first-order valence-electron chi connectivity index (χ1n) is 6.87. The molecular formula is C16H24N2O. The van der Waals surface area contributed by atoms with Crippen molar-refractivity contribution in [3.8, 4) is 11.8 Å². The largest absolute Gasteiger partial charge is 0.493 e. The minimum atomic E-state index is -0.413. The molecule has 0 radical (unpaired) electrons. The molecule has 3 heteroatoms. The molecule has 1 aromatic rings. The van der Waals surface area contributed by atoms with Crippen molar-refractivity contribution in [3.05, 3.63) is 29.3 Å². The molecule has 0 bridgehead atoms. The maximum atomic E-state index is 9.23. The Balaban J connectivity index is 2.50. The second-order valence-electron chi connectivity index (χ2n) is 4.97. The van der Waals surface area contributed by atoms with Crippen LogP contribution in [0.2, 0.25) is 0 Å². The number of para-hydroxylation sites is 1. The molecule has 1 unspecified atom stereocenters. The molecule has 1 aromatic carbocycles. The van der Waals surface area contributed by atoms with E-state index in [0.29, 0.717) is 6.61 Å². The Morgan fingerprint density at radius 2 is 1.95 bits per heavy atom. The average molecular weight is 260 g/mol. The van der Waals surface area contributed by atoms with Crippen LogP contribution < -0.4 is 10.1 Å². The van der Waals surface area contributed by atoms with Gasteiger partial charge >= 0.3 is 0 Å². The van der Waals surface area contributed by atoms with Crippen molar-refractivity contribution in [2.24, 2.45) is 0 Å². The van der Waals surface area contributed by atoms with E-state index in [2.05, 4.69) is 37.4 Å². The summed E-state index contributed by atoms with van der Waals surface area (Å²) in [7, 11) is 1.85. The highest BCUT2D eigenvalue weighted by Crippen LogP contribution is 2.23. The van der Waals surface area contributed by atoms with Gasteiger partial charge in [-0.05, 0) is 51.3 Å². The van der Waals surface area contributed by atoms with E-state index in [1.54, 1.807) is 0 Å². The molecule has 0 aromatic heterocycles. The van der Waals surface area contributed by atoms with Crippen molar-refractivity contribution in [2.45, 2.75) is 45.6 Å². The smallest absolute Gasteiger partial charge is 0.125 e. The Bertz CT molecular complexity index is 424. The quantitative estimate of drug-likeness (QED) is 0.765. The van der Waals surface area contributed by atoms with Gasteiger partial charge in [0.1, 0.15) is 11.3 Å². The van der Waals surface area contributed by atoms with Crippen molar-refractivity contribution >= 4 is 0 Å². The van der Waals surface area contributed by atoms with Crippen molar-refractivity contribution in [1.82, 2.24) is 5.32 Å². The van der Waals surface area contributed by atoms with Gasteiger partial charge in [0.2, 0.25) is 0 Å². The SMILES string of the molecule is CCC(C#N)(CCCOc1c(C)cccc1C)NC. The number of nitriles is 1. The van der Waals surface area contributed by atoms with Gasteiger partial charge in [-0.1, -0.05) is 25.1 Å². The van der Waals surface area contributed by atoms with E-state index in [0.717, 1.165) is 36.1 Å². The molecule has 1 rings (SSSR count). The summed E-state index contributed by atoms with van der Waals surface area (Å²) in [5.74, 6) is 0.978. The number of rotatable bonds is 7. The molecule has 0 fully saturated rings. The first-order valence-corrected chi connectivity index (χ1v) is 6.87. The molecule has 104 valence electrons. The highest BCUT2D eigenvalue weighted by atomic mass is 16.5. The Labute approximate surface area is 116 Å². The lowest BCUT2D eigenvalue weighted by atomic mass is 9.92. The monoisotopic (exact) mass is 260 g/mol. The Morgan fingerprint density at radius 1 is 1.32 bits per heavy atom. The maximum absolute atomic E-state index is 9.23. The van der Waals surface area contributed by atoms with E-state index >= 15 is 0 Å². The summed E-state index contributed by atoms with van der Waals surface area (Å²) in [6.45, 7) is 6.80. The summed E-state index contributed by atoms with van der Waals surface area (Å²) >= 11 is 0. The van der Waals surface area contributed by atoms with E-state index in [9.17, 15) is 5.26 Å². The zero-order chi connectivity index (χ0) is 14.3. The van der Waals surface area contributed by atoms with Gasteiger partial charge in [-0.25, -0.2) is 0 Å². The molecule has 0 heterocycles. The Hall–Kier alpha value is -1.53. The predicted octanol–water partition coefficient (Wildman–Crippen LogP) is 3.35. The third-order valence-corrected chi connectivity index (χ3v) is 3.70. The van der Waals surface area contributed by atoms with Crippen LogP contribution in [0.3, 0.4) is 0 Å². The van der Waals surface area contributed by atoms with Crippen LogP contribution in [-0.2, 0) is 0 Å².